The summed E-state index contributed by atoms with van der Waals surface area (Å²) in [5.41, 5.74) is 9.47. The first-order valence-electron chi connectivity index (χ1n) is 11.9. The predicted octanol–water partition coefficient (Wildman–Crippen LogP) is 6.77. The van der Waals surface area contributed by atoms with Crippen LogP contribution in [0, 0.1) is 13.8 Å². The Hall–Kier alpha value is -3.29. The summed E-state index contributed by atoms with van der Waals surface area (Å²) in [4.78, 5) is 7.91. The zero-order valence-electron chi connectivity index (χ0n) is 20.0. The Morgan fingerprint density at radius 3 is 2.69 bits per heavy atom. The molecule has 0 bridgehead atoms. The molecule has 1 unspecified atom stereocenters. The fraction of sp³-hybridized carbons (Fsp3) is 0.250. The number of anilines is 1. The zero-order chi connectivity index (χ0) is 24.1. The topological polar surface area (TPSA) is 54.2 Å². The molecule has 1 N–H and O–H groups in total. The number of aromatic nitrogens is 2. The van der Waals surface area contributed by atoms with Crippen molar-refractivity contribution in [1.29, 1.82) is 0 Å². The molecular formula is C28H26N4OS2. The first-order valence-corrected chi connectivity index (χ1v) is 13.2. The first kappa shape index (κ1) is 22.2. The van der Waals surface area contributed by atoms with Crippen molar-refractivity contribution in [3.05, 3.63) is 93.3 Å². The highest BCUT2D eigenvalue weighted by atomic mass is 32.1. The predicted molar refractivity (Wildman–Crippen MR) is 146 cm³/mol. The number of rotatable bonds is 4. The van der Waals surface area contributed by atoms with Crippen LogP contribution in [0.1, 0.15) is 53.1 Å². The summed E-state index contributed by atoms with van der Waals surface area (Å²) in [5, 5.41) is 10.6. The van der Waals surface area contributed by atoms with Gasteiger partial charge < -0.3 is 9.84 Å². The van der Waals surface area contributed by atoms with Crippen molar-refractivity contribution in [3.63, 3.8) is 0 Å². The molecule has 7 heteroatoms. The molecule has 1 atom stereocenters. The van der Waals surface area contributed by atoms with Gasteiger partial charge in [-0.3, -0.25) is 4.90 Å². The number of fused-ring (bicyclic) bond motifs is 1. The van der Waals surface area contributed by atoms with E-state index in [4.69, 9.17) is 21.7 Å². The Labute approximate surface area is 214 Å². The lowest BCUT2D eigenvalue weighted by Crippen LogP contribution is -2.46. The minimum absolute atomic E-state index is 0.191. The summed E-state index contributed by atoms with van der Waals surface area (Å²) in [5.74, 6) is 1.11. The van der Waals surface area contributed by atoms with E-state index in [1.165, 1.54) is 28.7 Å². The lowest BCUT2D eigenvalue weighted by atomic mass is 9.92. The molecule has 4 aromatic rings. The SMILES string of the molecule is CC1=C(c2nc(-c3cccs3)no2)C(c2ccc(C)c(C)c2)NC(=S)N1c1ccc2c(c1)CCC2. The van der Waals surface area contributed by atoms with E-state index in [1.807, 2.05) is 17.5 Å². The third kappa shape index (κ3) is 3.89. The molecular weight excluding hydrogens is 472 g/mol. The van der Waals surface area contributed by atoms with E-state index in [2.05, 4.69) is 72.5 Å². The first-order chi connectivity index (χ1) is 17.0. The fourth-order valence-corrected chi connectivity index (χ4v) is 6.07. The van der Waals surface area contributed by atoms with Crippen LogP contribution in [0.5, 0.6) is 0 Å². The van der Waals surface area contributed by atoms with Crippen molar-refractivity contribution in [2.75, 3.05) is 4.90 Å². The molecule has 0 radical (unpaired) electrons. The number of nitrogens with one attached hydrogen (secondary N) is 1. The van der Waals surface area contributed by atoms with Gasteiger partial charge in [-0.2, -0.15) is 4.98 Å². The van der Waals surface area contributed by atoms with E-state index < -0.39 is 0 Å². The summed E-state index contributed by atoms with van der Waals surface area (Å²) in [6.45, 7) is 6.36. The van der Waals surface area contributed by atoms with Crippen LogP contribution < -0.4 is 10.2 Å². The molecule has 0 saturated heterocycles. The van der Waals surface area contributed by atoms with Gasteiger partial charge in [0.2, 0.25) is 5.82 Å². The highest BCUT2D eigenvalue weighted by Gasteiger charge is 2.35. The van der Waals surface area contributed by atoms with E-state index in [1.54, 1.807) is 11.3 Å². The van der Waals surface area contributed by atoms with Crippen LogP contribution in [0.3, 0.4) is 0 Å². The van der Waals surface area contributed by atoms with Gasteiger partial charge >= 0.3 is 0 Å². The smallest absolute Gasteiger partial charge is 0.258 e. The highest BCUT2D eigenvalue weighted by molar-refractivity contribution is 7.80. The molecule has 0 spiro atoms. The molecule has 176 valence electrons. The molecule has 0 fully saturated rings. The Kier molecular flexibility index (Phi) is 5.54. The molecule has 2 aromatic carbocycles. The Balaban J connectivity index is 1.50. The van der Waals surface area contributed by atoms with E-state index >= 15 is 0 Å². The van der Waals surface area contributed by atoms with Gasteiger partial charge in [0.25, 0.3) is 5.89 Å². The summed E-state index contributed by atoms with van der Waals surface area (Å²) in [6.07, 6.45) is 3.48. The molecule has 2 aromatic heterocycles. The maximum Gasteiger partial charge on any atom is 0.258 e. The van der Waals surface area contributed by atoms with Gasteiger partial charge in [-0.1, -0.05) is 35.5 Å². The number of hydrogen-bond acceptors (Lipinski definition) is 5. The van der Waals surface area contributed by atoms with Crippen LogP contribution in [0.15, 0.2) is 64.1 Å². The van der Waals surface area contributed by atoms with E-state index in [0.717, 1.165) is 40.2 Å². The number of nitrogens with zero attached hydrogens (tertiary/aromatic N) is 3. The van der Waals surface area contributed by atoms with Gasteiger partial charge in [0.1, 0.15) is 0 Å². The average Bonchev–Trinajstić information content (AvgIpc) is 3.61. The molecule has 6 rings (SSSR count). The molecule has 3 heterocycles. The minimum atomic E-state index is -0.191. The number of benzene rings is 2. The molecule has 5 nitrogen and oxygen atoms in total. The minimum Gasteiger partial charge on any atom is -0.351 e. The summed E-state index contributed by atoms with van der Waals surface area (Å²) in [6, 6.07) is 17.0. The Morgan fingerprint density at radius 2 is 1.89 bits per heavy atom. The second kappa shape index (κ2) is 8.73. The molecule has 0 saturated carbocycles. The van der Waals surface area contributed by atoms with E-state index in [-0.39, 0.29) is 6.04 Å². The van der Waals surface area contributed by atoms with Gasteiger partial charge in [0.15, 0.2) is 5.11 Å². The quantitative estimate of drug-likeness (QED) is 0.313. The number of aryl methyl sites for hydroxylation is 4. The van der Waals surface area contributed by atoms with Gasteiger partial charge in [-0.05, 0) is 104 Å². The van der Waals surface area contributed by atoms with Crippen LogP contribution in [-0.2, 0) is 12.8 Å². The Bertz CT molecular complexity index is 1470. The van der Waals surface area contributed by atoms with Gasteiger partial charge in [0, 0.05) is 11.4 Å². The highest BCUT2D eigenvalue weighted by Crippen LogP contribution is 2.40. The second-order valence-corrected chi connectivity index (χ2v) is 10.6. The average molecular weight is 499 g/mol. The third-order valence-corrected chi connectivity index (χ3v) is 8.25. The maximum atomic E-state index is 5.94. The Morgan fingerprint density at radius 1 is 1.03 bits per heavy atom. The van der Waals surface area contributed by atoms with Crippen LogP contribution in [0.4, 0.5) is 5.69 Å². The van der Waals surface area contributed by atoms with Crippen LogP contribution in [0.2, 0.25) is 0 Å². The molecule has 35 heavy (non-hydrogen) atoms. The number of hydrogen-bond donors (Lipinski definition) is 1. The van der Waals surface area contributed by atoms with Gasteiger partial charge in [0.05, 0.1) is 16.5 Å². The van der Waals surface area contributed by atoms with E-state index in [0.29, 0.717) is 16.8 Å². The van der Waals surface area contributed by atoms with Crippen molar-refractivity contribution in [3.8, 4) is 10.7 Å². The fourth-order valence-electron chi connectivity index (χ4n) is 5.06. The third-order valence-electron chi connectivity index (χ3n) is 7.09. The zero-order valence-corrected chi connectivity index (χ0v) is 21.6. The van der Waals surface area contributed by atoms with Crippen molar-refractivity contribution in [2.24, 2.45) is 0 Å². The largest absolute Gasteiger partial charge is 0.351 e. The maximum absolute atomic E-state index is 5.94. The number of allylic oxidation sites excluding steroid dienone is 1. The van der Waals surface area contributed by atoms with Crippen LogP contribution >= 0.6 is 23.6 Å². The van der Waals surface area contributed by atoms with E-state index in [9.17, 15) is 0 Å². The summed E-state index contributed by atoms with van der Waals surface area (Å²) >= 11 is 7.54. The van der Waals surface area contributed by atoms with Crippen molar-refractivity contribution in [2.45, 2.75) is 46.1 Å². The molecule has 1 aliphatic carbocycles. The monoisotopic (exact) mass is 498 g/mol. The van der Waals surface area contributed by atoms with Crippen molar-refractivity contribution >= 4 is 39.9 Å². The normalized spacial score (nSPS) is 17.6. The molecule has 1 aliphatic heterocycles. The van der Waals surface area contributed by atoms with Crippen LogP contribution in [-0.4, -0.2) is 15.3 Å². The van der Waals surface area contributed by atoms with Gasteiger partial charge in [-0.25, -0.2) is 0 Å². The molecule has 2 aliphatic rings. The van der Waals surface area contributed by atoms with Crippen molar-refractivity contribution in [1.82, 2.24) is 15.5 Å². The number of thiocarbonyl (C=S) groups is 1. The van der Waals surface area contributed by atoms with Crippen LogP contribution in [0.25, 0.3) is 16.3 Å². The summed E-state index contributed by atoms with van der Waals surface area (Å²) < 4.78 is 5.88. The lowest BCUT2D eigenvalue weighted by Gasteiger charge is -2.37. The molecule has 0 amide bonds. The number of thiophene rings is 1. The lowest BCUT2D eigenvalue weighted by molar-refractivity contribution is 0.404. The summed E-state index contributed by atoms with van der Waals surface area (Å²) in [7, 11) is 0. The second-order valence-electron chi connectivity index (χ2n) is 9.27. The van der Waals surface area contributed by atoms with Crippen molar-refractivity contribution < 1.29 is 4.52 Å². The van der Waals surface area contributed by atoms with Gasteiger partial charge in [-0.15, -0.1) is 11.3 Å². The standard InChI is InChI=1S/C28H26N4OS2/c1-16-9-10-21(14-17(16)2)25-24(27-30-26(31-33-27)23-8-5-13-35-23)18(3)32(28(34)29-25)22-12-11-19-6-4-7-20(19)15-22/h5,8-15,25H,4,6-7H2,1-3H3,(H,29,34).